The Morgan fingerprint density at radius 2 is 1.41 bits per heavy atom. The average molecular weight is 428 g/mol. The Morgan fingerprint density at radius 1 is 0.812 bits per heavy atom. The minimum atomic E-state index is -1.04. The van der Waals surface area contributed by atoms with Crippen molar-refractivity contribution in [3.63, 3.8) is 0 Å². The standard InChI is InChI=1S/C26H24N2O4/c29-24(17-16-20-10-4-1-5-11-20)28-23(19-32-26(31)22-14-8-3-9-15-22)25(30)27-18-21-12-6-2-7-13-21/h1-17,23H,18-19H2,(H,27,30)(H,28,29)/b17-16+/t23-/m1/s1. The zero-order valence-electron chi connectivity index (χ0n) is 17.4. The Bertz CT molecular complexity index is 1050. The van der Waals surface area contributed by atoms with Crippen molar-refractivity contribution in [1.29, 1.82) is 0 Å². The Kier molecular flexibility index (Phi) is 8.34. The lowest BCUT2D eigenvalue weighted by Gasteiger charge is -2.18. The van der Waals surface area contributed by atoms with Gasteiger partial charge in [0.2, 0.25) is 11.8 Å². The lowest BCUT2D eigenvalue weighted by atomic mass is 10.2. The number of esters is 1. The molecule has 1 atom stereocenters. The summed E-state index contributed by atoms with van der Waals surface area (Å²) in [6, 6.07) is 26.1. The van der Waals surface area contributed by atoms with Crippen LogP contribution in [-0.2, 0) is 20.9 Å². The maximum absolute atomic E-state index is 12.7. The number of rotatable bonds is 9. The number of carbonyl (C=O) groups is 3. The Morgan fingerprint density at radius 3 is 2.06 bits per heavy atom. The molecule has 0 aromatic heterocycles. The van der Waals surface area contributed by atoms with E-state index in [0.29, 0.717) is 12.1 Å². The first-order valence-corrected chi connectivity index (χ1v) is 10.2. The molecule has 3 rings (SSSR count). The SMILES string of the molecule is O=C(/C=C/c1ccccc1)N[C@H](COC(=O)c1ccccc1)C(=O)NCc1ccccc1. The summed E-state index contributed by atoms with van der Waals surface area (Å²) in [5.41, 5.74) is 2.13. The molecule has 0 aliphatic carbocycles. The van der Waals surface area contributed by atoms with Crippen LogP contribution in [0.5, 0.6) is 0 Å². The fourth-order valence-electron chi connectivity index (χ4n) is 2.86. The van der Waals surface area contributed by atoms with Gasteiger partial charge in [0, 0.05) is 12.6 Å². The second kappa shape index (κ2) is 11.9. The second-order valence-corrected chi connectivity index (χ2v) is 6.97. The van der Waals surface area contributed by atoms with Crippen LogP contribution >= 0.6 is 0 Å². The highest BCUT2D eigenvalue weighted by Gasteiger charge is 2.22. The lowest BCUT2D eigenvalue weighted by molar-refractivity contribution is -0.128. The van der Waals surface area contributed by atoms with E-state index in [2.05, 4.69) is 10.6 Å². The first kappa shape index (κ1) is 22.5. The van der Waals surface area contributed by atoms with E-state index in [0.717, 1.165) is 11.1 Å². The van der Waals surface area contributed by atoms with Crippen molar-refractivity contribution < 1.29 is 19.1 Å². The van der Waals surface area contributed by atoms with E-state index in [1.54, 1.807) is 36.4 Å². The molecule has 2 N–H and O–H groups in total. The molecule has 2 amide bonds. The van der Waals surface area contributed by atoms with Crippen LogP contribution in [0, 0.1) is 0 Å². The number of carbonyl (C=O) groups excluding carboxylic acids is 3. The highest BCUT2D eigenvalue weighted by atomic mass is 16.5. The summed E-state index contributed by atoms with van der Waals surface area (Å²) in [7, 11) is 0. The summed E-state index contributed by atoms with van der Waals surface area (Å²) in [5.74, 6) is -1.49. The van der Waals surface area contributed by atoms with Crippen molar-refractivity contribution in [2.24, 2.45) is 0 Å². The number of amides is 2. The van der Waals surface area contributed by atoms with Crippen molar-refractivity contribution in [2.75, 3.05) is 6.61 Å². The third kappa shape index (κ3) is 7.25. The molecule has 0 unspecified atom stereocenters. The molecule has 3 aromatic rings. The largest absolute Gasteiger partial charge is 0.459 e. The number of benzene rings is 3. The van der Waals surface area contributed by atoms with Gasteiger partial charge in [0.05, 0.1) is 5.56 Å². The van der Waals surface area contributed by atoms with E-state index in [9.17, 15) is 14.4 Å². The van der Waals surface area contributed by atoms with E-state index in [1.165, 1.54) is 6.08 Å². The first-order chi connectivity index (χ1) is 15.6. The Hall–Kier alpha value is -4.19. The summed E-state index contributed by atoms with van der Waals surface area (Å²) < 4.78 is 5.29. The van der Waals surface area contributed by atoms with Gasteiger partial charge in [-0.3, -0.25) is 9.59 Å². The monoisotopic (exact) mass is 428 g/mol. The second-order valence-electron chi connectivity index (χ2n) is 6.97. The molecule has 6 nitrogen and oxygen atoms in total. The lowest BCUT2D eigenvalue weighted by Crippen LogP contribution is -2.49. The molecule has 0 fully saturated rings. The van der Waals surface area contributed by atoms with Crippen LogP contribution in [0.3, 0.4) is 0 Å². The van der Waals surface area contributed by atoms with Crippen molar-refractivity contribution in [1.82, 2.24) is 10.6 Å². The van der Waals surface area contributed by atoms with Crippen molar-refractivity contribution in [3.05, 3.63) is 114 Å². The molecule has 32 heavy (non-hydrogen) atoms. The van der Waals surface area contributed by atoms with Crippen LogP contribution < -0.4 is 10.6 Å². The van der Waals surface area contributed by atoms with E-state index in [1.807, 2.05) is 60.7 Å². The van der Waals surface area contributed by atoms with Crippen LogP contribution in [0.4, 0.5) is 0 Å². The van der Waals surface area contributed by atoms with E-state index < -0.39 is 23.8 Å². The van der Waals surface area contributed by atoms with Crippen molar-refractivity contribution in [2.45, 2.75) is 12.6 Å². The molecule has 0 aliphatic rings. The maximum atomic E-state index is 12.7. The van der Waals surface area contributed by atoms with Crippen LogP contribution in [-0.4, -0.2) is 30.4 Å². The van der Waals surface area contributed by atoms with Gasteiger partial charge in [0.25, 0.3) is 0 Å². The highest BCUT2D eigenvalue weighted by Crippen LogP contribution is 2.04. The molecule has 0 bridgehead atoms. The minimum Gasteiger partial charge on any atom is -0.459 e. The highest BCUT2D eigenvalue weighted by molar-refractivity contribution is 5.96. The number of ether oxygens (including phenoxy) is 1. The average Bonchev–Trinajstić information content (AvgIpc) is 2.85. The third-order valence-corrected chi connectivity index (χ3v) is 4.56. The van der Waals surface area contributed by atoms with Gasteiger partial charge in [0.1, 0.15) is 12.6 Å². The van der Waals surface area contributed by atoms with Crippen LogP contribution in [0.25, 0.3) is 6.08 Å². The fourth-order valence-corrected chi connectivity index (χ4v) is 2.86. The Balaban J connectivity index is 1.63. The predicted molar refractivity (Wildman–Crippen MR) is 122 cm³/mol. The van der Waals surface area contributed by atoms with Crippen LogP contribution in [0.1, 0.15) is 21.5 Å². The molecule has 0 heterocycles. The molecule has 162 valence electrons. The van der Waals surface area contributed by atoms with Gasteiger partial charge in [-0.05, 0) is 29.3 Å². The predicted octanol–water partition coefficient (Wildman–Crippen LogP) is 3.36. The fraction of sp³-hybridized carbons (Fsp3) is 0.115. The maximum Gasteiger partial charge on any atom is 0.338 e. The van der Waals surface area contributed by atoms with E-state index in [-0.39, 0.29) is 6.61 Å². The molecular weight excluding hydrogens is 404 g/mol. The topological polar surface area (TPSA) is 84.5 Å². The van der Waals surface area contributed by atoms with Gasteiger partial charge in [-0.2, -0.15) is 0 Å². The quantitative estimate of drug-likeness (QED) is 0.404. The van der Waals surface area contributed by atoms with Gasteiger partial charge in [-0.25, -0.2) is 4.79 Å². The number of hydrogen-bond acceptors (Lipinski definition) is 4. The van der Waals surface area contributed by atoms with Gasteiger partial charge in [0.15, 0.2) is 0 Å². The Labute approximate surface area is 186 Å². The number of hydrogen-bond donors (Lipinski definition) is 2. The summed E-state index contributed by atoms with van der Waals surface area (Å²) in [4.78, 5) is 37.4. The minimum absolute atomic E-state index is 0.290. The summed E-state index contributed by atoms with van der Waals surface area (Å²) >= 11 is 0. The summed E-state index contributed by atoms with van der Waals surface area (Å²) in [6.45, 7) is -0.00218. The molecule has 0 saturated heterocycles. The molecule has 0 saturated carbocycles. The molecule has 0 radical (unpaired) electrons. The van der Waals surface area contributed by atoms with Crippen LogP contribution in [0.15, 0.2) is 97.1 Å². The van der Waals surface area contributed by atoms with Gasteiger partial charge in [-0.1, -0.05) is 78.9 Å². The van der Waals surface area contributed by atoms with Crippen LogP contribution in [0.2, 0.25) is 0 Å². The van der Waals surface area contributed by atoms with E-state index in [4.69, 9.17) is 4.74 Å². The zero-order chi connectivity index (χ0) is 22.6. The smallest absolute Gasteiger partial charge is 0.338 e. The molecule has 3 aromatic carbocycles. The van der Waals surface area contributed by atoms with Gasteiger partial charge >= 0.3 is 5.97 Å². The summed E-state index contributed by atoms with van der Waals surface area (Å²) in [6.07, 6.45) is 2.98. The molecule has 0 aliphatic heterocycles. The number of nitrogens with one attached hydrogen (secondary N) is 2. The third-order valence-electron chi connectivity index (χ3n) is 4.56. The summed E-state index contributed by atoms with van der Waals surface area (Å²) in [5, 5.41) is 5.39. The van der Waals surface area contributed by atoms with Crippen molar-refractivity contribution >= 4 is 23.9 Å². The molecule has 0 spiro atoms. The normalized spacial score (nSPS) is 11.5. The first-order valence-electron chi connectivity index (χ1n) is 10.2. The van der Waals surface area contributed by atoms with Gasteiger partial charge < -0.3 is 15.4 Å². The molecule has 6 heteroatoms. The zero-order valence-corrected chi connectivity index (χ0v) is 17.4. The van der Waals surface area contributed by atoms with E-state index >= 15 is 0 Å². The molecular formula is C26H24N2O4. The van der Waals surface area contributed by atoms with Crippen molar-refractivity contribution in [3.8, 4) is 0 Å². The van der Waals surface area contributed by atoms with Gasteiger partial charge in [-0.15, -0.1) is 0 Å².